The summed E-state index contributed by atoms with van der Waals surface area (Å²) in [5, 5.41) is 0.295. The second-order valence-corrected chi connectivity index (χ2v) is 8.06. The van der Waals surface area contributed by atoms with Gasteiger partial charge >= 0.3 is 5.76 Å². The zero-order valence-electron chi connectivity index (χ0n) is 14.3. The molecule has 2 aromatic carbocycles. The molecule has 0 saturated heterocycles. The highest BCUT2D eigenvalue weighted by molar-refractivity contribution is 7.92. The summed E-state index contributed by atoms with van der Waals surface area (Å²) in [5.41, 5.74) is 0.993. The minimum Gasteiger partial charge on any atom is -0.489 e. The molecule has 0 spiro atoms. The minimum absolute atomic E-state index is 0.0296. The topological polar surface area (TPSA) is 90.5 Å². The highest BCUT2D eigenvalue weighted by Gasteiger charge is 2.18. The van der Waals surface area contributed by atoms with Gasteiger partial charge in [-0.25, -0.2) is 13.2 Å². The summed E-state index contributed by atoms with van der Waals surface area (Å²) in [6.07, 6.45) is -0.0534. The van der Waals surface area contributed by atoms with Crippen LogP contribution >= 0.6 is 11.6 Å². The van der Waals surface area contributed by atoms with E-state index in [1.165, 1.54) is 28.8 Å². The van der Waals surface area contributed by atoms with Crippen molar-refractivity contribution in [2.45, 2.75) is 24.8 Å². The van der Waals surface area contributed by atoms with Crippen molar-refractivity contribution in [1.29, 1.82) is 0 Å². The highest BCUT2D eigenvalue weighted by Crippen LogP contribution is 2.30. The summed E-state index contributed by atoms with van der Waals surface area (Å²) >= 11 is 6.13. The van der Waals surface area contributed by atoms with Crippen LogP contribution in [-0.2, 0) is 17.1 Å². The Morgan fingerprint density at radius 1 is 1.19 bits per heavy atom. The fourth-order valence-corrected chi connectivity index (χ4v) is 3.70. The van der Waals surface area contributed by atoms with Gasteiger partial charge in [-0.15, -0.1) is 0 Å². The van der Waals surface area contributed by atoms with Crippen LogP contribution in [0.3, 0.4) is 0 Å². The first kappa shape index (κ1) is 18.3. The van der Waals surface area contributed by atoms with Gasteiger partial charge in [0.05, 0.1) is 27.2 Å². The smallest absolute Gasteiger partial charge is 0.419 e. The molecular formula is C17H17ClN2O5S. The number of nitrogens with one attached hydrogen (secondary N) is 1. The first-order valence-corrected chi connectivity index (χ1v) is 9.62. The predicted octanol–water partition coefficient (Wildman–Crippen LogP) is 3.37. The SMILES string of the molecule is CC(C)Oc1ccc(NS(=O)(=O)c2ccc3c(c2)oc(=O)n3C)cc1Cl. The van der Waals surface area contributed by atoms with Crippen molar-refractivity contribution in [3.05, 3.63) is 52.0 Å². The van der Waals surface area contributed by atoms with Crippen molar-refractivity contribution in [2.75, 3.05) is 4.72 Å². The van der Waals surface area contributed by atoms with Crippen molar-refractivity contribution in [3.63, 3.8) is 0 Å². The van der Waals surface area contributed by atoms with Gasteiger partial charge in [0.25, 0.3) is 10.0 Å². The van der Waals surface area contributed by atoms with Crippen molar-refractivity contribution in [3.8, 4) is 5.75 Å². The van der Waals surface area contributed by atoms with Gasteiger partial charge < -0.3 is 9.15 Å². The van der Waals surface area contributed by atoms with Crippen LogP contribution in [0.1, 0.15) is 13.8 Å². The lowest BCUT2D eigenvalue weighted by atomic mass is 10.3. The third kappa shape index (κ3) is 3.56. The summed E-state index contributed by atoms with van der Waals surface area (Å²) in [4.78, 5) is 11.5. The first-order chi connectivity index (χ1) is 12.2. The van der Waals surface area contributed by atoms with Crippen LogP contribution in [0, 0.1) is 0 Å². The maximum atomic E-state index is 12.6. The monoisotopic (exact) mass is 396 g/mol. The Balaban J connectivity index is 1.91. The number of oxazole rings is 1. The number of aromatic nitrogens is 1. The number of sulfonamides is 1. The van der Waals surface area contributed by atoms with E-state index in [9.17, 15) is 13.2 Å². The molecule has 26 heavy (non-hydrogen) atoms. The number of ether oxygens (including phenoxy) is 1. The fraction of sp³-hybridized carbons (Fsp3) is 0.235. The normalized spacial score (nSPS) is 11.9. The number of nitrogens with zero attached hydrogens (tertiary/aromatic N) is 1. The molecule has 1 heterocycles. The molecule has 0 radical (unpaired) electrons. The molecule has 1 aromatic heterocycles. The third-order valence-electron chi connectivity index (χ3n) is 3.62. The van der Waals surface area contributed by atoms with E-state index >= 15 is 0 Å². The van der Waals surface area contributed by atoms with E-state index in [0.29, 0.717) is 22.0 Å². The second kappa shape index (κ2) is 6.69. The van der Waals surface area contributed by atoms with Crippen LogP contribution in [0.5, 0.6) is 5.75 Å². The molecule has 138 valence electrons. The van der Waals surface area contributed by atoms with Crippen LogP contribution in [-0.4, -0.2) is 19.1 Å². The predicted molar refractivity (Wildman–Crippen MR) is 99.5 cm³/mol. The molecule has 3 aromatic rings. The summed E-state index contributed by atoms with van der Waals surface area (Å²) in [6.45, 7) is 3.73. The number of aryl methyl sites for hydroxylation is 1. The van der Waals surface area contributed by atoms with Crippen molar-refractivity contribution >= 4 is 38.4 Å². The number of anilines is 1. The molecule has 1 N–H and O–H groups in total. The maximum Gasteiger partial charge on any atom is 0.419 e. The molecule has 0 aliphatic rings. The van der Waals surface area contributed by atoms with Gasteiger partial charge in [0, 0.05) is 13.1 Å². The number of halogens is 1. The molecule has 0 aliphatic carbocycles. The van der Waals surface area contributed by atoms with Gasteiger partial charge in [-0.1, -0.05) is 11.6 Å². The Morgan fingerprint density at radius 2 is 1.92 bits per heavy atom. The lowest BCUT2D eigenvalue weighted by molar-refractivity contribution is 0.242. The number of hydrogen-bond acceptors (Lipinski definition) is 5. The zero-order chi connectivity index (χ0) is 19.1. The van der Waals surface area contributed by atoms with Crippen LogP contribution in [0.15, 0.2) is 50.5 Å². The highest BCUT2D eigenvalue weighted by atomic mass is 35.5. The van der Waals surface area contributed by atoms with Gasteiger partial charge in [-0.05, 0) is 44.2 Å². The molecule has 0 unspecified atom stereocenters. The van der Waals surface area contributed by atoms with Crippen molar-refractivity contribution < 1.29 is 17.6 Å². The Bertz CT molecular complexity index is 1130. The van der Waals surface area contributed by atoms with E-state index in [4.69, 9.17) is 20.8 Å². The lowest BCUT2D eigenvalue weighted by Gasteiger charge is -2.13. The third-order valence-corrected chi connectivity index (χ3v) is 5.30. The van der Waals surface area contributed by atoms with Crippen LogP contribution in [0.2, 0.25) is 5.02 Å². The molecule has 0 amide bonds. The number of benzene rings is 2. The number of rotatable bonds is 5. The minimum atomic E-state index is -3.88. The standard InChI is InChI=1S/C17H17ClN2O5S/c1-10(2)24-15-7-4-11(8-13(15)18)19-26(22,23)12-5-6-14-16(9-12)25-17(21)20(14)3/h4-10,19H,1-3H3. The Kier molecular flexibility index (Phi) is 4.72. The van der Waals surface area contributed by atoms with E-state index in [-0.39, 0.29) is 16.6 Å². The Labute approximate surface area is 155 Å². The van der Waals surface area contributed by atoms with Gasteiger partial charge in [0.1, 0.15) is 5.75 Å². The van der Waals surface area contributed by atoms with E-state index in [0.717, 1.165) is 0 Å². The molecule has 0 atom stereocenters. The maximum absolute atomic E-state index is 12.6. The largest absolute Gasteiger partial charge is 0.489 e. The van der Waals surface area contributed by atoms with Crippen LogP contribution < -0.4 is 15.2 Å². The molecule has 0 fully saturated rings. The summed E-state index contributed by atoms with van der Waals surface area (Å²) in [7, 11) is -2.34. The molecule has 7 nitrogen and oxygen atoms in total. The molecule has 3 rings (SSSR count). The summed E-state index contributed by atoms with van der Waals surface area (Å²) < 4.78 is 39.5. The molecule has 0 aliphatic heterocycles. The first-order valence-electron chi connectivity index (χ1n) is 7.76. The molecule has 0 bridgehead atoms. The van der Waals surface area contributed by atoms with E-state index < -0.39 is 15.8 Å². The van der Waals surface area contributed by atoms with Gasteiger partial charge in [-0.3, -0.25) is 9.29 Å². The molecule has 0 saturated carbocycles. The lowest BCUT2D eigenvalue weighted by Crippen LogP contribution is -2.13. The number of hydrogen-bond donors (Lipinski definition) is 1. The molecule has 9 heteroatoms. The van der Waals surface area contributed by atoms with E-state index in [2.05, 4.69) is 4.72 Å². The quantitative estimate of drug-likeness (QED) is 0.714. The van der Waals surface area contributed by atoms with Gasteiger partial charge in [-0.2, -0.15) is 0 Å². The van der Waals surface area contributed by atoms with Gasteiger partial charge in [0.15, 0.2) is 5.58 Å². The van der Waals surface area contributed by atoms with Crippen molar-refractivity contribution in [1.82, 2.24) is 4.57 Å². The fourth-order valence-electron chi connectivity index (χ4n) is 2.41. The Hall–Kier alpha value is -2.45. The van der Waals surface area contributed by atoms with Gasteiger partial charge in [0.2, 0.25) is 0 Å². The van der Waals surface area contributed by atoms with Crippen LogP contribution in [0.25, 0.3) is 11.1 Å². The summed E-state index contributed by atoms with van der Waals surface area (Å²) in [6, 6.07) is 8.84. The summed E-state index contributed by atoms with van der Waals surface area (Å²) in [5.74, 6) is -0.0906. The molecular weight excluding hydrogens is 380 g/mol. The van der Waals surface area contributed by atoms with Crippen molar-refractivity contribution in [2.24, 2.45) is 7.05 Å². The van der Waals surface area contributed by atoms with E-state index in [1.54, 1.807) is 19.2 Å². The van der Waals surface area contributed by atoms with E-state index in [1.807, 2.05) is 13.8 Å². The average molecular weight is 397 g/mol. The number of fused-ring (bicyclic) bond motifs is 1. The second-order valence-electron chi connectivity index (χ2n) is 5.97. The zero-order valence-corrected chi connectivity index (χ0v) is 15.9. The van der Waals surface area contributed by atoms with Crippen LogP contribution in [0.4, 0.5) is 5.69 Å². The Morgan fingerprint density at radius 3 is 2.58 bits per heavy atom. The average Bonchev–Trinajstić information content (AvgIpc) is 2.83.